The highest BCUT2D eigenvalue weighted by Gasteiger charge is 2.31. The SMILES string of the molecule is CC(c1cccc(F)c1)N1CCN(c2cc(C(F)(F)F)ccn2)CC1. The van der Waals surface area contributed by atoms with Crippen LogP contribution in [0.15, 0.2) is 42.6 Å². The molecule has 0 N–H and O–H groups in total. The Morgan fingerprint density at radius 3 is 2.40 bits per heavy atom. The molecule has 25 heavy (non-hydrogen) atoms. The molecule has 0 aliphatic carbocycles. The van der Waals surface area contributed by atoms with Crippen LogP contribution in [0.1, 0.15) is 24.1 Å². The third-order valence-electron chi connectivity index (χ3n) is 4.59. The molecule has 3 rings (SSSR count). The van der Waals surface area contributed by atoms with Gasteiger partial charge in [-0.3, -0.25) is 4.90 Å². The first-order chi connectivity index (χ1) is 11.8. The molecule has 1 aliphatic heterocycles. The normalized spacial score (nSPS) is 17.6. The second-order valence-electron chi connectivity index (χ2n) is 6.15. The van der Waals surface area contributed by atoms with Crippen LogP contribution in [0.4, 0.5) is 23.4 Å². The van der Waals surface area contributed by atoms with Crippen LogP contribution in [0, 0.1) is 5.82 Å². The summed E-state index contributed by atoms with van der Waals surface area (Å²) in [5.41, 5.74) is 0.207. The van der Waals surface area contributed by atoms with Gasteiger partial charge >= 0.3 is 6.18 Å². The third-order valence-corrected chi connectivity index (χ3v) is 4.59. The van der Waals surface area contributed by atoms with Crippen LogP contribution in [-0.2, 0) is 6.18 Å². The summed E-state index contributed by atoms with van der Waals surface area (Å²) in [5, 5.41) is 0. The van der Waals surface area contributed by atoms with E-state index in [1.165, 1.54) is 18.3 Å². The van der Waals surface area contributed by atoms with E-state index >= 15 is 0 Å². The molecule has 134 valence electrons. The Kier molecular flexibility index (Phi) is 4.94. The van der Waals surface area contributed by atoms with Gasteiger partial charge in [0.1, 0.15) is 11.6 Å². The largest absolute Gasteiger partial charge is 0.416 e. The molecule has 1 saturated heterocycles. The Labute approximate surface area is 143 Å². The standard InChI is InChI=1S/C18H19F4N3/c1-13(14-3-2-4-16(19)11-14)24-7-9-25(10-8-24)17-12-15(5-6-23-17)18(20,21)22/h2-6,11-13H,7-10H2,1H3. The van der Waals surface area contributed by atoms with Crippen molar-refractivity contribution in [2.45, 2.75) is 19.1 Å². The van der Waals surface area contributed by atoms with Crippen LogP contribution in [0.3, 0.4) is 0 Å². The fraction of sp³-hybridized carbons (Fsp3) is 0.389. The lowest BCUT2D eigenvalue weighted by Gasteiger charge is -2.38. The molecule has 2 heterocycles. The summed E-state index contributed by atoms with van der Waals surface area (Å²) >= 11 is 0. The minimum absolute atomic E-state index is 0.0484. The summed E-state index contributed by atoms with van der Waals surface area (Å²) in [5.74, 6) is 0.0732. The second-order valence-corrected chi connectivity index (χ2v) is 6.15. The molecule has 1 aliphatic rings. The molecule has 0 spiro atoms. The van der Waals surface area contributed by atoms with Crippen LogP contribution in [0.5, 0.6) is 0 Å². The van der Waals surface area contributed by atoms with Crippen molar-refractivity contribution < 1.29 is 17.6 Å². The van der Waals surface area contributed by atoms with Crippen molar-refractivity contribution >= 4 is 5.82 Å². The summed E-state index contributed by atoms with van der Waals surface area (Å²) in [6, 6.07) is 8.61. The van der Waals surface area contributed by atoms with Gasteiger partial charge in [0, 0.05) is 38.4 Å². The topological polar surface area (TPSA) is 19.4 Å². The Bertz CT molecular complexity index is 724. The van der Waals surface area contributed by atoms with E-state index in [0.717, 1.165) is 17.7 Å². The molecular weight excluding hydrogens is 334 g/mol. The van der Waals surface area contributed by atoms with Crippen LogP contribution >= 0.6 is 0 Å². The van der Waals surface area contributed by atoms with Crippen molar-refractivity contribution in [1.82, 2.24) is 9.88 Å². The minimum atomic E-state index is -4.37. The summed E-state index contributed by atoms with van der Waals surface area (Å²) in [6.45, 7) is 4.51. The molecule has 2 aromatic rings. The number of benzene rings is 1. The van der Waals surface area contributed by atoms with Gasteiger partial charge in [0.15, 0.2) is 0 Å². The average Bonchev–Trinajstić information content (AvgIpc) is 2.61. The number of anilines is 1. The van der Waals surface area contributed by atoms with E-state index < -0.39 is 11.7 Å². The number of nitrogens with zero attached hydrogens (tertiary/aromatic N) is 3. The summed E-state index contributed by atoms with van der Waals surface area (Å²) < 4.78 is 51.9. The van der Waals surface area contributed by atoms with E-state index in [9.17, 15) is 17.6 Å². The van der Waals surface area contributed by atoms with Gasteiger partial charge in [-0.05, 0) is 36.8 Å². The van der Waals surface area contributed by atoms with E-state index in [1.54, 1.807) is 6.07 Å². The van der Waals surface area contributed by atoms with E-state index in [1.807, 2.05) is 17.9 Å². The van der Waals surface area contributed by atoms with Gasteiger partial charge in [-0.2, -0.15) is 13.2 Å². The highest BCUT2D eigenvalue weighted by atomic mass is 19.4. The molecule has 0 amide bonds. The summed E-state index contributed by atoms with van der Waals surface area (Å²) in [7, 11) is 0. The molecule has 1 atom stereocenters. The quantitative estimate of drug-likeness (QED) is 0.774. The fourth-order valence-electron chi connectivity index (χ4n) is 3.08. The van der Waals surface area contributed by atoms with Gasteiger partial charge in [0.05, 0.1) is 5.56 Å². The first kappa shape index (κ1) is 17.7. The van der Waals surface area contributed by atoms with Crippen molar-refractivity contribution in [2.24, 2.45) is 0 Å². The van der Waals surface area contributed by atoms with Crippen molar-refractivity contribution in [1.29, 1.82) is 0 Å². The Balaban J connectivity index is 1.66. The zero-order valence-electron chi connectivity index (χ0n) is 13.8. The predicted molar refractivity (Wildman–Crippen MR) is 87.8 cm³/mol. The van der Waals surface area contributed by atoms with Crippen LogP contribution < -0.4 is 4.90 Å². The van der Waals surface area contributed by atoms with Gasteiger partial charge in [-0.15, -0.1) is 0 Å². The van der Waals surface area contributed by atoms with Crippen molar-refractivity contribution in [3.63, 3.8) is 0 Å². The summed E-state index contributed by atoms with van der Waals surface area (Å²) in [6.07, 6.45) is -3.18. The van der Waals surface area contributed by atoms with Gasteiger partial charge in [-0.1, -0.05) is 12.1 Å². The average molecular weight is 353 g/mol. The first-order valence-corrected chi connectivity index (χ1v) is 8.12. The first-order valence-electron chi connectivity index (χ1n) is 8.12. The number of pyridine rings is 1. The third kappa shape index (κ3) is 4.10. The van der Waals surface area contributed by atoms with Crippen LogP contribution in [0.25, 0.3) is 0 Å². The molecular formula is C18H19F4N3. The number of hydrogen-bond acceptors (Lipinski definition) is 3. The predicted octanol–water partition coefficient (Wildman–Crippen LogP) is 4.12. The van der Waals surface area contributed by atoms with Crippen molar-refractivity contribution in [2.75, 3.05) is 31.1 Å². The minimum Gasteiger partial charge on any atom is -0.354 e. The highest BCUT2D eigenvalue weighted by Crippen LogP contribution is 2.31. The monoisotopic (exact) mass is 353 g/mol. The van der Waals surface area contributed by atoms with E-state index in [0.29, 0.717) is 32.0 Å². The number of piperazine rings is 1. The number of aromatic nitrogens is 1. The zero-order chi connectivity index (χ0) is 18.0. The second kappa shape index (κ2) is 7.00. The lowest BCUT2D eigenvalue weighted by molar-refractivity contribution is -0.137. The molecule has 0 saturated carbocycles. The van der Waals surface area contributed by atoms with Gasteiger partial charge in [-0.25, -0.2) is 9.37 Å². The number of halogens is 4. The van der Waals surface area contributed by atoms with Gasteiger partial charge in [0.2, 0.25) is 0 Å². The highest BCUT2D eigenvalue weighted by molar-refractivity contribution is 5.42. The number of hydrogen-bond donors (Lipinski definition) is 0. The maximum absolute atomic E-state index is 13.4. The van der Waals surface area contributed by atoms with Crippen LogP contribution in [0.2, 0.25) is 0 Å². The Morgan fingerprint density at radius 2 is 1.76 bits per heavy atom. The molecule has 7 heteroatoms. The van der Waals surface area contributed by atoms with Gasteiger partial charge < -0.3 is 4.90 Å². The molecule has 0 bridgehead atoms. The Morgan fingerprint density at radius 1 is 1.04 bits per heavy atom. The Hall–Kier alpha value is -2.15. The molecule has 3 nitrogen and oxygen atoms in total. The van der Waals surface area contributed by atoms with E-state index in [2.05, 4.69) is 9.88 Å². The molecule has 1 fully saturated rings. The van der Waals surface area contributed by atoms with E-state index in [4.69, 9.17) is 0 Å². The maximum atomic E-state index is 13.4. The molecule has 1 unspecified atom stereocenters. The fourth-order valence-corrected chi connectivity index (χ4v) is 3.08. The van der Waals surface area contributed by atoms with Crippen molar-refractivity contribution in [3.05, 3.63) is 59.5 Å². The molecule has 1 aromatic carbocycles. The zero-order valence-corrected chi connectivity index (χ0v) is 13.8. The number of rotatable bonds is 3. The van der Waals surface area contributed by atoms with E-state index in [-0.39, 0.29) is 11.9 Å². The smallest absolute Gasteiger partial charge is 0.354 e. The van der Waals surface area contributed by atoms with Crippen molar-refractivity contribution in [3.8, 4) is 0 Å². The summed E-state index contributed by atoms with van der Waals surface area (Å²) in [4.78, 5) is 8.12. The lowest BCUT2D eigenvalue weighted by atomic mass is 10.1. The maximum Gasteiger partial charge on any atom is 0.416 e. The van der Waals surface area contributed by atoms with Crippen LogP contribution in [-0.4, -0.2) is 36.1 Å². The van der Waals surface area contributed by atoms with Gasteiger partial charge in [0.25, 0.3) is 0 Å². The molecule has 0 radical (unpaired) electrons. The number of alkyl halides is 3. The molecule has 1 aromatic heterocycles. The lowest BCUT2D eigenvalue weighted by Crippen LogP contribution is -2.47.